The lowest BCUT2D eigenvalue weighted by Crippen LogP contribution is -2.02. The molecule has 5 heteroatoms. The average Bonchev–Trinajstić information content (AvgIpc) is 2.86. The first-order chi connectivity index (χ1) is 10.1. The molecular weight excluding hydrogens is 352 g/mol. The van der Waals surface area contributed by atoms with E-state index >= 15 is 0 Å². The van der Waals surface area contributed by atoms with E-state index in [1.165, 1.54) is 0 Å². The summed E-state index contributed by atoms with van der Waals surface area (Å²) in [6.45, 7) is 1.92. The standard InChI is InChI=1S/C16H14BrClN2O/c1-10(18)16-19-13-8-7-11(21-2)9-15(13)20(16)14-6-4-3-5-12(14)17/h3-10H,1-2H3. The summed E-state index contributed by atoms with van der Waals surface area (Å²) in [5.74, 6) is 1.61. The molecular formula is C16H14BrClN2O. The van der Waals surface area contributed by atoms with Crippen molar-refractivity contribution in [2.24, 2.45) is 0 Å². The van der Waals surface area contributed by atoms with Crippen LogP contribution in [-0.4, -0.2) is 16.7 Å². The van der Waals surface area contributed by atoms with Crippen molar-refractivity contribution in [3.8, 4) is 11.4 Å². The molecule has 0 aliphatic carbocycles. The van der Waals surface area contributed by atoms with Crippen LogP contribution in [0.3, 0.4) is 0 Å². The van der Waals surface area contributed by atoms with E-state index in [1.54, 1.807) is 7.11 Å². The van der Waals surface area contributed by atoms with Crippen LogP contribution in [0.2, 0.25) is 0 Å². The van der Waals surface area contributed by atoms with E-state index in [2.05, 4.69) is 25.5 Å². The van der Waals surface area contributed by atoms with Gasteiger partial charge in [0.25, 0.3) is 0 Å². The number of hydrogen-bond acceptors (Lipinski definition) is 2. The molecule has 0 saturated heterocycles. The van der Waals surface area contributed by atoms with E-state index in [1.807, 2.05) is 49.4 Å². The van der Waals surface area contributed by atoms with Gasteiger partial charge in [-0.3, -0.25) is 4.57 Å². The van der Waals surface area contributed by atoms with Crippen molar-refractivity contribution in [3.05, 3.63) is 52.8 Å². The third-order valence-electron chi connectivity index (χ3n) is 3.34. The Morgan fingerprint density at radius 3 is 2.67 bits per heavy atom. The summed E-state index contributed by atoms with van der Waals surface area (Å²) in [6.07, 6.45) is 0. The van der Waals surface area contributed by atoms with Crippen LogP contribution in [0, 0.1) is 0 Å². The summed E-state index contributed by atoms with van der Waals surface area (Å²) in [4.78, 5) is 4.66. The molecule has 108 valence electrons. The minimum atomic E-state index is -0.199. The summed E-state index contributed by atoms with van der Waals surface area (Å²) < 4.78 is 8.39. The normalized spacial score (nSPS) is 12.6. The molecule has 2 aromatic carbocycles. The highest BCUT2D eigenvalue weighted by Crippen LogP contribution is 2.32. The van der Waals surface area contributed by atoms with Crippen molar-refractivity contribution in [3.63, 3.8) is 0 Å². The monoisotopic (exact) mass is 364 g/mol. The van der Waals surface area contributed by atoms with E-state index in [-0.39, 0.29) is 5.38 Å². The molecule has 3 rings (SSSR count). The molecule has 3 nitrogen and oxygen atoms in total. The minimum Gasteiger partial charge on any atom is -0.497 e. The number of hydrogen-bond donors (Lipinski definition) is 0. The lowest BCUT2D eigenvalue weighted by Gasteiger charge is -2.12. The third kappa shape index (κ3) is 2.54. The molecule has 1 unspecified atom stereocenters. The molecule has 3 aromatic rings. The van der Waals surface area contributed by atoms with Crippen LogP contribution >= 0.6 is 27.5 Å². The summed E-state index contributed by atoms with van der Waals surface area (Å²) >= 11 is 9.93. The maximum absolute atomic E-state index is 6.33. The predicted molar refractivity (Wildman–Crippen MR) is 89.6 cm³/mol. The van der Waals surface area contributed by atoms with Gasteiger partial charge in [-0.05, 0) is 47.1 Å². The van der Waals surface area contributed by atoms with Crippen molar-refractivity contribution >= 4 is 38.6 Å². The first-order valence-electron chi connectivity index (χ1n) is 6.57. The predicted octanol–water partition coefficient (Wildman–Crippen LogP) is 5.10. The number of rotatable bonds is 3. The number of fused-ring (bicyclic) bond motifs is 1. The second-order valence-electron chi connectivity index (χ2n) is 4.73. The Labute approximate surface area is 136 Å². The number of imidazole rings is 1. The fourth-order valence-electron chi connectivity index (χ4n) is 2.35. The molecule has 0 fully saturated rings. The molecule has 0 N–H and O–H groups in total. The van der Waals surface area contributed by atoms with Crippen molar-refractivity contribution in [2.75, 3.05) is 7.11 Å². The van der Waals surface area contributed by atoms with Gasteiger partial charge in [-0.2, -0.15) is 0 Å². The van der Waals surface area contributed by atoms with Gasteiger partial charge in [-0.25, -0.2) is 4.98 Å². The van der Waals surface area contributed by atoms with Gasteiger partial charge >= 0.3 is 0 Å². The average molecular weight is 366 g/mol. The van der Waals surface area contributed by atoms with Crippen LogP contribution in [0.4, 0.5) is 0 Å². The Kier molecular flexibility index (Phi) is 3.91. The summed E-state index contributed by atoms with van der Waals surface area (Å²) in [5.41, 5.74) is 2.88. The highest BCUT2D eigenvalue weighted by molar-refractivity contribution is 9.10. The van der Waals surface area contributed by atoms with Gasteiger partial charge in [0.05, 0.1) is 29.2 Å². The molecule has 0 saturated carbocycles. The van der Waals surface area contributed by atoms with Gasteiger partial charge in [0.2, 0.25) is 0 Å². The molecule has 0 aliphatic heterocycles. The van der Waals surface area contributed by atoms with E-state index in [0.29, 0.717) is 0 Å². The summed E-state index contributed by atoms with van der Waals surface area (Å²) in [5, 5.41) is -0.199. The van der Waals surface area contributed by atoms with Crippen LogP contribution in [0.15, 0.2) is 46.9 Å². The Bertz CT molecular complexity index is 798. The zero-order valence-corrected chi connectivity index (χ0v) is 14.0. The van der Waals surface area contributed by atoms with Crippen molar-refractivity contribution in [1.82, 2.24) is 9.55 Å². The molecule has 1 heterocycles. The lowest BCUT2D eigenvalue weighted by atomic mass is 10.2. The van der Waals surface area contributed by atoms with Gasteiger partial charge < -0.3 is 4.74 Å². The molecule has 1 atom stereocenters. The summed E-state index contributed by atoms with van der Waals surface area (Å²) in [6, 6.07) is 13.8. The van der Waals surface area contributed by atoms with Crippen LogP contribution in [0.5, 0.6) is 5.75 Å². The Balaban J connectivity index is 2.37. The van der Waals surface area contributed by atoms with Gasteiger partial charge in [-0.15, -0.1) is 11.6 Å². The van der Waals surface area contributed by atoms with Crippen LogP contribution in [-0.2, 0) is 0 Å². The minimum absolute atomic E-state index is 0.199. The molecule has 0 aliphatic rings. The first kappa shape index (κ1) is 14.4. The zero-order chi connectivity index (χ0) is 15.0. The van der Waals surface area contributed by atoms with Crippen molar-refractivity contribution in [2.45, 2.75) is 12.3 Å². The number of ether oxygens (including phenoxy) is 1. The number of halogens is 2. The SMILES string of the molecule is COc1ccc2nc(C(C)Cl)n(-c3ccccc3Br)c2c1. The van der Waals surface area contributed by atoms with Crippen LogP contribution in [0.1, 0.15) is 18.1 Å². The molecule has 0 spiro atoms. The van der Waals surface area contributed by atoms with E-state index in [0.717, 1.165) is 32.8 Å². The topological polar surface area (TPSA) is 27.1 Å². The Hall–Kier alpha value is -1.52. The van der Waals surface area contributed by atoms with Gasteiger partial charge in [0.1, 0.15) is 11.6 Å². The molecule has 1 aromatic heterocycles. The van der Waals surface area contributed by atoms with Crippen LogP contribution < -0.4 is 4.74 Å². The van der Waals surface area contributed by atoms with Crippen molar-refractivity contribution < 1.29 is 4.74 Å². The fourth-order valence-corrected chi connectivity index (χ4v) is 2.96. The molecule has 0 radical (unpaired) electrons. The maximum Gasteiger partial charge on any atom is 0.132 e. The first-order valence-corrected chi connectivity index (χ1v) is 7.80. The zero-order valence-electron chi connectivity index (χ0n) is 11.7. The van der Waals surface area contributed by atoms with Gasteiger partial charge in [0, 0.05) is 10.5 Å². The smallest absolute Gasteiger partial charge is 0.132 e. The fraction of sp³-hybridized carbons (Fsp3) is 0.188. The summed E-state index contributed by atoms with van der Waals surface area (Å²) in [7, 11) is 1.66. The van der Waals surface area contributed by atoms with E-state index < -0.39 is 0 Å². The third-order valence-corrected chi connectivity index (χ3v) is 4.20. The number of alkyl halides is 1. The van der Waals surface area contributed by atoms with E-state index in [9.17, 15) is 0 Å². The molecule has 0 amide bonds. The number of nitrogens with zero attached hydrogens (tertiary/aromatic N) is 2. The number of para-hydroxylation sites is 1. The van der Waals surface area contributed by atoms with Gasteiger partial charge in [0.15, 0.2) is 0 Å². The van der Waals surface area contributed by atoms with Crippen molar-refractivity contribution in [1.29, 1.82) is 0 Å². The highest BCUT2D eigenvalue weighted by Gasteiger charge is 2.18. The second-order valence-corrected chi connectivity index (χ2v) is 6.24. The maximum atomic E-state index is 6.33. The largest absolute Gasteiger partial charge is 0.497 e. The number of methoxy groups -OCH3 is 1. The van der Waals surface area contributed by atoms with Crippen LogP contribution in [0.25, 0.3) is 16.7 Å². The molecule has 21 heavy (non-hydrogen) atoms. The molecule has 0 bridgehead atoms. The second kappa shape index (κ2) is 5.70. The number of aromatic nitrogens is 2. The Morgan fingerprint density at radius 1 is 1.24 bits per heavy atom. The quantitative estimate of drug-likeness (QED) is 0.604. The lowest BCUT2D eigenvalue weighted by molar-refractivity contribution is 0.415. The van der Waals surface area contributed by atoms with Gasteiger partial charge in [-0.1, -0.05) is 12.1 Å². The highest BCUT2D eigenvalue weighted by atomic mass is 79.9. The Morgan fingerprint density at radius 2 is 2.00 bits per heavy atom. The van der Waals surface area contributed by atoms with E-state index in [4.69, 9.17) is 16.3 Å². The number of benzene rings is 2.